The van der Waals surface area contributed by atoms with E-state index in [1.807, 2.05) is 0 Å². The second kappa shape index (κ2) is 6.66. The van der Waals surface area contributed by atoms with E-state index in [0.717, 1.165) is 31.1 Å². The van der Waals surface area contributed by atoms with E-state index in [-0.39, 0.29) is 11.9 Å². The molecule has 0 saturated carbocycles. The van der Waals surface area contributed by atoms with E-state index >= 15 is 0 Å². The Hall–Kier alpha value is -1.60. The summed E-state index contributed by atoms with van der Waals surface area (Å²) in [7, 11) is -3.38. The smallest absolute Gasteiger partial charge is 0.254 e. The fourth-order valence-electron chi connectivity index (χ4n) is 2.74. The van der Waals surface area contributed by atoms with Gasteiger partial charge in [-0.3, -0.25) is 9.52 Å². The van der Waals surface area contributed by atoms with Crippen LogP contribution in [0.25, 0.3) is 0 Å². The molecule has 7 heteroatoms. The molecule has 0 bridgehead atoms. The number of amides is 1. The number of aryl methyl sites for hydroxylation is 1. The van der Waals surface area contributed by atoms with Crippen LogP contribution in [0, 0.1) is 6.92 Å². The molecule has 1 aliphatic rings. The van der Waals surface area contributed by atoms with Crippen molar-refractivity contribution in [3.63, 3.8) is 0 Å². The first kappa shape index (κ1) is 16.8. The van der Waals surface area contributed by atoms with Gasteiger partial charge in [-0.05, 0) is 43.9 Å². The van der Waals surface area contributed by atoms with Crippen LogP contribution in [-0.2, 0) is 10.0 Å². The summed E-state index contributed by atoms with van der Waals surface area (Å²) in [5.41, 5.74) is 7.46. The molecule has 1 saturated heterocycles. The molecule has 22 heavy (non-hydrogen) atoms. The van der Waals surface area contributed by atoms with E-state index in [1.165, 1.54) is 0 Å². The Morgan fingerprint density at radius 2 is 2.14 bits per heavy atom. The number of anilines is 1. The lowest BCUT2D eigenvalue weighted by atomic mass is 10.0. The lowest BCUT2D eigenvalue weighted by Crippen LogP contribution is -2.47. The highest BCUT2D eigenvalue weighted by Crippen LogP contribution is 2.23. The van der Waals surface area contributed by atoms with Crippen LogP contribution in [0.15, 0.2) is 18.2 Å². The molecular formula is C15H23N3O3S. The zero-order valence-electron chi connectivity index (χ0n) is 13.0. The van der Waals surface area contributed by atoms with Gasteiger partial charge in [-0.25, -0.2) is 8.42 Å². The predicted molar refractivity (Wildman–Crippen MR) is 87.4 cm³/mol. The second-order valence-electron chi connectivity index (χ2n) is 5.79. The topological polar surface area (TPSA) is 92.5 Å². The number of hydrogen-bond donors (Lipinski definition) is 2. The monoisotopic (exact) mass is 325 g/mol. The van der Waals surface area contributed by atoms with E-state index in [0.29, 0.717) is 24.3 Å². The Bertz CT molecular complexity index is 658. The number of benzene rings is 1. The summed E-state index contributed by atoms with van der Waals surface area (Å²) in [6, 6.07) is 5.14. The summed E-state index contributed by atoms with van der Waals surface area (Å²) in [5, 5.41) is 0. The maximum atomic E-state index is 12.7. The first-order valence-electron chi connectivity index (χ1n) is 7.41. The number of rotatable bonds is 4. The van der Waals surface area contributed by atoms with Crippen LogP contribution < -0.4 is 10.5 Å². The Kier molecular flexibility index (Phi) is 5.08. The van der Waals surface area contributed by atoms with Crippen LogP contribution in [-0.4, -0.2) is 44.6 Å². The highest BCUT2D eigenvalue weighted by molar-refractivity contribution is 7.92. The molecule has 0 radical (unpaired) electrons. The average molecular weight is 325 g/mol. The molecule has 1 atom stereocenters. The van der Waals surface area contributed by atoms with Gasteiger partial charge in [0.15, 0.2) is 0 Å². The molecule has 1 aromatic rings. The molecule has 0 aromatic heterocycles. The van der Waals surface area contributed by atoms with Gasteiger partial charge in [0, 0.05) is 24.7 Å². The molecule has 1 aromatic carbocycles. The highest BCUT2D eigenvalue weighted by Gasteiger charge is 2.26. The Morgan fingerprint density at radius 1 is 1.41 bits per heavy atom. The standard InChI is InChI=1S/C15H23N3O3S/c1-11-6-7-12(9-14(11)17-22(2,20)21)15(19)18-8-4-3-5-13(18)10-16/h6-7,9,13,17H,3-5,8,10,16H2,1-2H3. The number of carbonyl (C=O) groups is 1. The van der Waals surface area contributed by atoms with Crippen molar-refractivity contribution in [3.8, 4) is 0 Å². The first-order chi connectivity index (χ1) is 10.3. The van der Waals surface area contributed by atoms with Crippen LogP contribution in [0.2, 0.25) is 0 Å². The van der Waals surface area contributed by atoms with Gasteiger partial charge in [0.2, 0.25) is 10.0 Å². The number of nitrogens with zero attached hydrogens (tertiary/aromatic N) is 1. The van der Waals surface area contributed by atoms with Crippen molar-refractivity contribution in [2.75, 3.05) is 24.1 Å². The summed E-state index contributed by atoms with van der Waals surface area (Å²) >= 11 is 0. The maximum Gasteiger partial charge on any atom is 0.254 e. The largest absolute Gasteiger partial charge is 0.334 e. The van der Waals surface area contributed by atoms with Gasteiger partial charge in [0.05, 0.1) is 11.9 Å². The quantitative estimate of drug-likeness (QED) is 0.873. The van der Waals surface area contributed by atoms with Crippen molar-refractivity contribution in [2.24, 2.45) is 5.73 Å². The SMILES string of the molecule is Cc1ccc(C(=O)N2CCCCC2CN)cc1NS(C)(=O)=O. The predicted octanol–water partition coefficient (Wildman–Crippen LogP) is 1.32. The van der Waals surface area contributed by atoms with E-state index in [1.54, 1.807) is 30.0 Å². The normalized spacial score (nSPS) is 19.0. The average Bonchev–Trinajstić information content (AvgIpc) is 2.47. The van der Waals surface area contributed by atoms with Crippen LogP contribution in [0.5, 0.6) is 0 Å². The minimum atomic E-state index is -3.38. The molecule has 1 amide bonds. The third kappa shape index (κ3) is 3.98. The van der Waals surface area contributed by atoms with Gasteiger partial charge in [-0.2, -0.15) is 0 Å². The van der Waals surface area contributed by atoms with Crippen molar-refractivity contribution in [1.29, 1.82) is 0 Å². The second-order valence-corrected chi connectivity index (χ2v) is 7.54. The summed E-state index contributed by atoms with van der Waals surface area (Å²) < 4.78 is 25.3. The number of hydrogen-bond acceptors (Lipinski definition) is 4. The van der Waals surface area contributed by atoms with Gasteiger partial charge in [0.25, 0.3) is 5.91 Å². The molecule has 1 fully saturated rings. The number of sulfonamides is 1. The Balaban J connectivity index is 2.28. The van der Waals surface area contributed by atoms with E-state index < -0.39 is 10.0 Å². The molecule has 1 heterocycles. The number of carbonyl (C=O) groups excluding carboxylic acids is 1. The Morgan fingerprint density at radius 3 is 2.77 bits per heavy atom. The summed E-state index contributed by atoms with van der Waals surface area (Å²) in [5.74, 6) is -0.0910. The van der Waals surface area contributed by atoms with Crippen LogP contribution in [0.4, 0.5) is 5.69 Å². The van der Waals surface area contributed by atoms with Crippen molar-refractivity contribution >= 4 is 21.6 Å². The zero-order chi connectivity index (χ0) is 16.3. The van der Waals surface area contributed by atoms with E-state index in [2.05, 4.69) is 4.72 Å². The van der Waals surface area contributed by atoms with Crippen molar-refractivity contribution in [3.05, 3.63) is 29.3 Å². The molecular weight excluding hydrogens is 302 g/mol. The van der Waals surface area contributed by atoms with Crippen LogP contribution >= 0.6 is 0 Å². The van der Waals surface area contributed by atoms with Gasteiger partial charge in [0.1, 0.15) is 0 Å². The molecule has 3 N–H and O–H groups in total. The number of nitrogens with two attached hydrogens (primary N) is 1. The number of likely N-dealkylation sites (tertiary alicyclic amines) is 1. The third-order valence-electron chi connectivity index (χ3n) is 3.94. The minimum absolute atomic E-state index is 0.0638. The van der Waals surface area contributed by atoms with Gasteiger partial charge in [-0.15, -0.1) is 0 Å². The molecule has 0 aliphatic carbocycles. The summed E-state index contributed by atoms with van der Waals surface area (Å²) in [4.78, 5) is 14.5. The lowest BCUT2D eigenvalue weighted by Gasteiger charge is -2.35. The fourth-order valence-corrected chi connectivity index (χ4v) is 3.36. The van der Waals surface area contributed by atoms with Gasteiger partial charge >= 0.3 is 0 Å². The maximum absolute atomic E-state index is 12.7. The first-order valence-corrected chi connectivity index (χ1v) is 9.30. The Labute approximate surface area is 131 Å². The molecule has 1 aliphatic heterocycles. The van der Waals surface area contributed by atoms with Gasteiger partial charge < -0.3 is 10.6 Å². The number of nitrogens with one attached hydrogen (secondary N) is 1. The summed E-state index contributed by atoms with van der Waals surface area (Å²) in [6.07, 6.45) is 4.07. The zero-order valence-corrected chi connectivity index (χ0v) is 13.8. The fraction of sp³-hybridized carbons (Fsp3) is 0.533. The minimum Gasteiger partial charge on any atom is -0.334 e. The van der Waals surface area contributed by atoms with Crippen molar-refractivity contribution in [1.82, 2.24) is 4.90 Å². The van der Waals surface area contributed by atoms with E-state index in [9.17, 15) is 13.2 Å². The van der Waals surface area contributed by atoms with Crippen LogP contribution in [0.1, 0.15) is 35.2 Å². The van der Waals surface area contributed by atoms with Crippen molar-refractivity contribution in [2.45, 2.75) is 32.2 Å². The summed E-state index contributed by atoms with van der Waals surface area (Å²) in [6.45, 7) is 2.95. The molecule has 0 spiro atoms. The van der Waals surface area contributed by atoms with Crippen LogP contribution in [0.3, 0.4) is 0 Å². The van der Waals surface area contributed by atoms with Crippen molar-refractivity contribution < 1.29 is 13.2 Å². The van der Waals surface area contributed by atoms with E-state index in [4.69, 9.17) is 5.73 Å². The highest BCUT2D eigenvalue weighted by atomic mass is 32.2. The third-order valence-corrected chi connectivity index (χ3v) is 4.53. The lowest BCUT2D eigenvalue weighted by molar-refractivity contribution is 0.0623. The molecule has 6 nitrogen and oxygen atoms in total. The molecule has 2 rings (SSSR count). The van der Waals surface area contributed by atoms with Gasteiger partial charge in [-0.1, -0.05) is 6.07 Å². The molecule has 122 valence electrons. The number of piperidine rings is 1. The molecule has 1 unspecified atom stereocenters.